The summed E-state index contributed by atoms with van der Waals surface area (Å²) in [6.45, 7) is 0.313. The highest BCUT2D eigenvalue weighted by atomic mass is 32.1. The molecule has 6 nitrogen and oxygen atoms in total. The van der Waals surface area contributed by atoms with E-state index in [1.54, 1.807) is 27.2 Å². The first kappa shape index (κ1) is 17.5. The molecule has 0 radical (unpaired) electrons. The number of nitrogens with zero attached hydrogens (tertiary/aromatic N) is 4. The normalized spacial score (nSPS) is 15.9. The molecule has 1 N–H and O–H groups in total. The summed E-state index contributed by atoms with van der Waals surface area (Å²) < 4.78 is 1.72. The Bertz CT molecular complexity index is 1100. The van der Waals surface area contributed by atoms with Crippen LogP contribution in [0.1, 0.15) is 36.4 Å². The zero-order chi connectivity index (χ0) is 19.0. The molecule has 0 atom stereocenters. The van der Waals surface area contributed by atoms with Crippen molar-refractivity contribution in [2.45, 2.75) is 37.6 Å². The van der Waals surface area contributed by atoms with Gasteiger partial charge in [0.2, 0.25) is 5.91 Å². The molecule has 1 fully saturated rings. The Hall–Kier alpha value is -2.58. The minimum atomic E-state index is -0.399. The average molecular weight is 410 g/mol. The Kier molecular flexibility index (Phi) is 4.44. The first-order valence-electron chi connectivity index (χ1n) is 9.32. The van der Waals surface area contributed by atoms with Crippen molar-refractivity contribution in [1.82, 2.24) is 25.1 Å². The molecule has 0 bridgehead atoms. The van der Waals surface area contributed by atoms with E-state index in [4.69, 9.17) is 0 Å². The van der Waals surface area contributed by atoms with Crippen molar-refractivity contribution >= 4 is 34.2 Å². The van der Waals surface area contributed by atoms with Crippen molar-refractivity contribution < 1.29 is 4.79 Å². The molecule has 4 aromatic rings. The Labute approximate surface area is 170 Å². The van der Waals surface area contributed by atoms with E-state index in [1.807, 2.05) is 35.0 Å². The van der Waals surface area contributed by atoms with E-state index in [0.29, 0.717) is 18.0 Å². The zero-order valence-corrected chi connectivity index (χ0v) is 16.8. The first-order chi connectivity index (χ1) is 13.8. The smallest absolute Gasteiger partial charge is 0.231 e. The molecule has 0 aliphatic heterocycles. The highest BCUT2D eigenvalue weighted by molar-refractivity contribution is 7.10. The van der Waals surface area contributed by atoms with Crippen LogP contribution in [-0.2, 0) is 16.8 Å². The van der Waals surface area contributed by atoms with Crippen LogP contribution in [0.4, 0.5) is 0 Å². The van der Waals surface area contributed by atoms with Gasteiger partial charge in [-0.05, 0) is 47.9 Å². The number of nitrogens with one attached hydrogen (secondary N) is 1. The first-order valence-corrected chi connectivity index (χ1v) is 11.1. The second-order valence-corrected chi connectivity index (χ2v) is 8.79. The number of fused-ring (bicyclic) bond motifs is 1. The number of hydrogen-bond acceptors (Lipinski definition) is 6. The molecule has 1 aliphatic rings. The van der Waals surface area contributed by atoms with Gasteiger partial charge in [0, 0.05) is 15.8 Å². The topological polar surface area (TPSA) is 72.2 Å². The summed E-state index contributed by atoms with van der Waals surface area (Å²) in [5.74, 6) is 0.720. The predicted molar refractivity (Wildman–Crippen MR) is 110 cm³/mol. The summed E-state index contributed by atoms with van der Waals surface area (Å²) in [5.41, 5.74) is 2.21. The molecule has 28 heavy (non-hydrogen) atoms. The zero-order valence-electron chi connectivity index (χ0n) is 15.2. The van der Waals surface area contributed by atoms with Crippen molar-refractivity contribution in [2.75, 3.05) is 0 Å². The fraction of sp³-hybridized carbons (Fsp3) is 0.300. The largest absolute Gasteiger partial charge is 0.348 e. The van der Waals surface area contributed by atoms with Crippen LogP contribution < -0.4 is 5.32 Å². The van der Waals surface area contributed by atoms with Crippen LogP contribution in [0.2, 0.25) is 0 Å². The molecular weight excluding hydrogens is 390 g/mol. The highest BCUT2D eigenvalue weighted by Gasteiger charge is 2.43. The molecule has 5 rings (SSSR count). The van der Waals surface area contributed by atoms with E-state index in [9.17, 15) is 4.79 Å². The van der Waals surface area contributed by atoms with Gasteiger partial charge in [0.25, 0.3) is 0 Å². The number of rotatable bonds is 5. The van der Waals surface area contributed by atoms with Crippen molar-refractivity contribution in [3.63, 3.8) is 0 Å². The molecule has 1 saturated carbocycles. The van der Waals surface area contributed by atoms with Crippen LogP contribution in [0.25, 0.3) is 16.9 Å². The van der Waals surface area contributed by atoms with Crippen LogP contribution in [0, 0.1) is 0 Å². The fourth-order valence-corrected chi connectivity index (χ4v) is 5.58. The van der Waals surface area contributed by atoms with Crippen molar-refractivity contribution in [3.05, 3.63) is 57.2 Å². The molecule has 4 aromatic heterocycles. The summed E-state index contributed by atoms with van der Waals surface area (Å²) in [6.07, 6.45) is 3.98. The van der Waals surface area contributed by atoms with Crippen molar-refractivity contribution in [3.8, 4) is 11.3 Å². The number of carbonyl (C=O) groups excluding carboxylic acids is 1. The van der Waals surface area contributed by atoms with Crippen LogP contribution in [0.3, 0.4) is 0 Å². The highest BCUT2D eigenvalue weighted by Crippen LogP contribution is 2.43. The summed E-state index contributed by atoms with van der Waals surface area (Å²) in [6, 6.07) is 9.99. The maximum Gasteiger partial charge on any atom is 0.231 e. The van der Waals surface area contributed by atoms with Gasteiger partial charge in [-0.2, -0.15) is 21.0 Å². The van der Waals surface area contributed by atoms with Crippen LogP contribution in [-0.4, -0.2) is 25.7 Å². The quantitative estimate of drug-likeness (QED) is 0.540. The van der Waals surface area contributed by atoms with E-state index in [-0.39, 0.29) is 5.91 Å². The lowest BCUT2D eigenvalue weighted by Crippen LogP contribution is -2.42. The Morgan fingerprint density at radius 3 is 2.79 bits per heavy atom. The van der Waals surface area contributed by atoms with Gasteiger partial charge in [0.1, 0.15) is 0 Å². The van der Waals surface area contributed by atoms with E-state index >= 15 is 0 Å². The molecule has 8 heteroatoms. The van der Waals surface area contributed by atoms with Crippen LogP contribution in [0.15, 0.2) is 46.5 Å². The van der Waals surface area contributed by atoms with Gasteiger partial charge in [-0.1, -0.05) is 18.9 Å². The number of hydrogen-bond donors (Lipinski definition) is 1. The number of amides is 1. The van der Waals surface area contributed by atoms with Crippen molar-refractivity contribution in [1.29, 1.82) is 0 Å². The minimum Gasteiger partial charge on any atom is -0.348 e. The third kappa shape index (κ3) is 2.93. The molecule has 1 amide bonds. The third-order valence-corrected chi connectivity index (χ3v) is 7.19. The molecule has 4 heterocycles. The maximum atomic E-state index is 13.2. The lowest BCUT2D eigenvalue weighted by atomic mass is 9.83. The second kappa shape index (κ2) is 7.10. The van der Waals surface area contributed by atoms with Crippen molar-refractivity contribution in [2.24, 2.45) is 0 Å². The van der Waals surface area contributed by atoms with E-state index in [2.05, 4.69) is 32.1 Å². The minimum absolute atomic E-state index is 0.0817. The van der Waals surface area contributed by atoms with Crippen LogP contribution >= 0.6 is 22.7 Å². The Morgan fingerprint density at radius 1 is 1.14 bits per heavy atom. The van der Waals surface area contributed by atoms with E-state index in [1.165, 1.54) is 0 Å². The molecule has 0 aromatic carbocycles. The fourth-order valence-electron chi connectivity index (χ4n) is 3.95. The summed E-state index contributed by atoms with van der Waals surface area (Å²) in [5, 5.41) is 22.3. The lowest BCUT2D eigenvalue weighted by molar-refractivity contribution is -0.126. The van der Waals surface area contributed by atoms with Gasteiger partial charge in [-0.25, -0.2) is 0 Å². The second-order valence-electron chi connectivity index (χ2n) is 7.07. The molecule has 1 aliphatic carbocycles. The molecule has 0 spiro atoms. The van der Waals surface area contributed by atoms with Gasteiger partial charge in [-0.15, -0.1) is 21.5 Å². The molecule has 0 saturated heterocycles. The standard InChI is InChI=1S/C20H19N5OS2/c26-19(20(8-1-2-9-20)16-4-3-10-28-16)21-12-18-23-22-17-6-5-15(24-25(17)18)14-7-11-27-13-14/h3-7,10-11,13H,1-2,8-9,12H2,(H,21,26). The van der Waals surface area contributed by atoms with Gasteiger partial charge in [0.05, 0.1) is 17.7 Å². The SMILES string of the molecule is O=C(NCc1nnc2ccc(-c3ccsc3)nn12)C1(c2cccs2)CCCC1. The summed E-state index contributed by atoms with van der Waals surface area (Å²) >= 11 is 3.30. The maximum absolute atomic E-state index is 13.2. The Morgan fingerprint density at radius 2 is 2.04 bits per heavy atom. The molecule has 0 unspecified atom stereocenters. The predicted octanol–water partition coefficient (Wildman–Crippen LogP) is 4.04. The monoisotopic (exact) mass is 409 g/mol. The summed E-state index contributed by atoms with van der Waals surface area (Å²) in [4.78, 5) is 14.3. The number of aromatic nitrogens is 4. The number of thiophene rings is 2. The molecular formula is C20H19N5OS2. The van der Waals surface area contributed by atoms with Gasteiger partial charge in [-0.3, -0.25) is 4.79 Å². The summed E-state index contributed by atoms with van der Waals surface area (Å²) in [7, 11) is 0. The average Bonchev–Trinajstić information content (AvgIpc) is 3.52. The van der Waals surface area contributed by atoms with E-state index in [0.717, 1.165) is 41.8 Å². The van der Waals surface area contributed by atoms with Gasteiger partial charge in [0.15, 0.2) is 11.5 Å². The van der Waals surface area contributed by atoms with Crippen LogP contribution in [0.5, 0.6) is 0 Å². The van der Waals surface area contributed by atoms with Gasteiger partial charge >= 0.3 is 0 Å². The lowest BCUT2D eigenvalue weighted by Gasteiger charge is -2.26. The number of carbonyl (C=O) groups is 1. The van der Waals surface area contributed by atoms with E-state index < -0.39 is 5.41 Å². The molecule has 142 valence electrons. The third-order valence-electron chi connectivity index (χ3n) is 5.44. The van der Waals surface area contributed by atoms with Gasteiger partial charge < -0.3 is 5.32 Å². The Balaban J connectivity index is 1.40.